The first-order valence-corrected chi connectivity index (χ1v) is 8.36. The van der Waals surface area contributed by atoms with Crippen LogP contribution >= 0.6 is 11.8 Å². The Balaban J connectivity index is 2.09. The smallest absolute Gasteiger partial charge is 0.234 e. The molecule has 1 fully saturated rings. The van der Waals surface area contributed by atoms with E-state index in [2.05, 4.69) is 36.2 Å². The fourth-order valence-electron chi connectivity index (χ4n) is 2.72. The topological polar surface area (TPSA) is 51.0 Å². The fraction of sp³-hybridized carbons (Fsp3) is 0.857. The highest BCUT2D eigenvalue weighted by atomic mass is 32.2. The van der Waals surface area contributed by atoms with Gasteiger partial charge >= 0.3 is 0 Å². The van der Waals surface area contributed by atoms with E-state index < -0.39 is 0 Å². The van der Waals surface area contributed by atoms with Crippen LogP contribution in [0.4, 0.5) is 0 Å². The largest absolute Gasteiger partial charge is 0.339 e. The van der Waals surface area contributed by atoms with Crippen molar-refractivity contribution >= 4 is 11.8 Å². The second-order valence-corrected chi connectivity index (χ2v) is 7.25. The van der Waals surface area contributed by atoms with E-state index in [9.17, 15) is 0 Å². The van der Waals surface area contributed by atoms with E-state index in [1.165, 1.54) is 6.42 Å². The summed E-state index contributed by atoms with van der Waals surface area (Å²) in [6.45, 7) is 8.68. The molecule has 0 aliphatic carbocycles. The fourth-order valence-corrected chi connectivity index (χ4v) is 3.32. The van der Waals surface area contributed by atoms with Crippen molar-refractivity contribution in [1.82, 2.24) is 15.5 Å². The van der Waals surface area contributed by atoms with Crippen LogP contribution in [0.15, 0.2) is 4.52 Å². The highest BCUT2D eigenvalue weighted by Crippen LogP contribution is 2.35. The van der Waals surface area contributed by atoms with Gasteiger partial charge in [-0.05, 0) is 31.1 Å². The van der Waals surface area contributed by atoms with Gasteiger partial charge in [-0.25, -0.2) is 0 Å². The Labute approximate surface area is 120 Å². The maximum atomic E-state index is 5.58. The minimum absolute atomic E-state index is 0.0702. The molecule has 1 atom stereocenters. The maximum Gasteiger partial charge on any atom is 0.234 e. The van der Waals surface area contributed by atoms with Crippen molar-refractivity contribution in [3.05, 3.63) is 11.7 Å². The Hall–Kier alpha value is -0.550. The molecule has 2 rings (SSSR count). The van der Waals surface area contributed by atoms with Crippen molar-refractivity contribution in [2.24, 2.45) is 0 Å². The van der Waals surface area contributed by atoms with Gasteiger partial charge in [0.15, 0.2) is 5.82 Å². The number of aromatic nitrogens is 2. The van der Waals surface area contributed by atoms with E-state index in [1.54, 1.807) is 0 Å². The van der Waals surface area contributed by atoms with Crippen molar-refractivity contribution in [2.75, 3.05) is 13.1 Å². The molecule has 5 heteroatoms. The normalized spacial score (nSPS) is 24.0. The van der Waals surface area contributed by atoms with Crippen LogP contribution < -0.4 is 5.32 Å². The molecule has 0 amide bonds. The molecule has 0 saturated carbocycles. The summed E-state index contributed by atoms with van der Waals surface area (Å²) in [6.07, 6.45) is 4.63. The van der Waals surface area contributed by atoms with Crippen molar-refractivity contribution in [1.29, 1.82) is 0 Å². The summed E-state index contributed by atoms with van der Waals surface area (Å²) in [5.41, 5.74) is 0.0702. The SMILES string of the molecule is CCCC1(c2nc(CSC(C)C)no2)CCCNC1. The number of thioether (sulfide) groups is 1. The van der Waals surface area contributed by atoms with Crippen molar-refractivity contribution in [3.63, 3.8) is 0 Å². The lowest BCUT2D eigenvalue weighted by Crippen LogP contribution is -2.43. The molecule has 0 aromatic carbocycles. The first-order chi connectivity index (χ1) is 9.16. The van der Waals surface area contributed by atoms with Crippen molar-refractivity contribution in [2.45, 2.75) is 62.9 Å². The Kier molecular flexibility index (Phi) is 5.28. The lowest BCUT2D eigenvalue weighted by molar-refractivity contribution is 0.213. The second-order valence-electron chi connectivity index (χ2n) is 5.69. The molecule has 4 nitrogen and oxygen atoms in total. The predicted octanol–water partition coefficient (Wildman–Crippen LogP) is 3.13. The van der Waals surface area contributed by atoms with Gasteiger partial charge in [-0.3, -0.25) is 0 Å². The molecule has 0 radical (unpaired) electrons. The molecule has 19 heavy (non-hydrogen) atoms. The standard InChI is InChI=1S/C14H25N3OS/c1-4-6-14(7-5-8-15-10-14)13-16-12(17-18-13)9-19-11(2)3/h11,15H,4-10H2,1-3H3. The minimum Gasteiger partial charge on any atom is -0.339 e. The molecular formula is C14H25N3OS. The third kappa shape index (κ3) is 3.72. The highest BCUT2D eigenvalue weighted by Gasteiger charge is 2.38. The molecule has 1 saturated heterocycles. The molecule has 1 unspecified atom stereocenters. The Morgan fingerprint density at radius 3 is 2.95 bits per heavy atom. The van der Waals surface area contributed by atoms with E-state index in [-0.39, 0.29) is 5.41 Å². The van der Waals surface area contributed by atoms with E-state index in [4.69, 9.17) is 4.52 Å². The van der Waals surface area contributed by atoms with E-state index >= 15 is 0 Å². The van der Waals surface area contributed by atoms with Gasteiger partial charge in [0.2, 0.25) is 5.89 Å². The molecule has 108 valence electrons. The van der Waals surface area contributed by atoms with Gasteiger partial charge in [-0.1, -0.05) is 32.3 Å². The molecule has 1 N–H and O–H groups in total. The van der Waals surface area contributed by atoms with Crippen LogP contribution in [0.25, 0.3) is 0 Å². The Morgan fingerprint density at radius 1 is 1.47 bits per heavy atom. The summed E-state index contributed by atoms with van der Waals surface area (Å²) in [7, 11) is 0. The summed E-state index contributed by atoms with van der Waals surface area (Å²) in [4.78, 5) is 4.66. The predicted molar refractivity (Wildman–Crippen MR) is 79.4 cm³/mol. The third-order valence-electron chi connectivity index (χ3n) is 3.67. The third-order valence-corrected chi connectivity index (χ3v) is 4.76. The van der Waals surface area contributed by atoms with E-state index in [1.807, 2.05) is 11.8 Å². The summed E-state index contributed by atoms with van der Waals surface area (Å²) in [5, 5.41) is 8.24. The molecule has 1 aromatic rings. The van der Waals surface area contributed by atoms with Gasteiger partial charge in [0.05, 0.1) is 11.2 Å². The van der Waals surface area contributed by atoms with Crippen LogP contribution in [0.3, 0.4) is 0 Å². The van der Waals surface area contributed by atoms with Gasteiger partial charge in [0, 0.05) is 6.54 Å². The molecule has 1 aliphatic rings. The van der Waals surface area contributed by atoms with E-state index in [0.717, 1.165) is 49.8 Å². The second kappa shape index (κ2) is 6.75. The van der Waals surface area contributed by atoms with E-state index in [0.29, 0.717) is 5.25 Å². The Bertz CT molecular complexity index is 380. The average Bonchev–Trinajstić information content (AvgIpc) is 2.87. The van der Waals surface area contributed by atoms with Crippen molar-refractivity contribution < 1.29 is 4.52 Å². The quantitative estimate of drug-likeness (QED) is 0.869. The number of hydrogen-bond acceptors (Lipinski definition) is 5. The highest BCUT2D eigenvalue weighted by molar-refractivity contribution is 7.99. The van der Waals surface area contributed by atoms with Gasteiger partial charge in [0.1, 0.15) is 0 Å². The lowest BCUT2D eigenvalue weighted by atomic mass is 9.77. The minimum atomic E-state index is 0.0702. The first-order valence-electron chi connectivity index (χ1n) is 7.32. The van der Waals surface area contributed by atoms with Crippen molar-refractivity contribution in [3.8, 4) is 0 Å². The van der Waals surface area contributed by atoms with Crippen LogP contribution in [0, 0.1) is 0 Å². The van der Waals surface area contributed by atoms with Crippen LogP contribution in [0.5, 0.6) is 0 Å². The zero-order valence-electron chi connectivity index (χ0n) is 12.2. The zero-order chi connectivity index (χ0) is 13.7. The molecule has 0 spiro atoms. The summed E-state index contributed by atoms with van der Waals surface area (Å²) >= 11 is 1.86. The van der Waals surface area contributed by atoms with Crippen LogP contribution in [0.2, 0.25) is 0 Å². The zero-order valence-corrected chi connectivity index (χ0v) is 13.1. The number of hydrogen-bond donors (Lipinski definition) is 1. The molecule has 1 aromatic heterocycles. The number of rotatable bonds is 6. The summed E-state index contributed by atoms with van der Waals surface area (Å²) in [5.74, 6) is 2.53. The number of nitrogens with zero attached hydrogens (tertiary/aromatic N) is 2. The van der Waals surface area contributed by atoms with Gasteiger partial charge in [-0.15, -0.1) is 0 Å². The summed E-state index contributed by atoms with van der Waals surface area (Å²) in [6, 6.07) is 0. The van der Waals surface area contributed by atoms with Gasteiger partial charge in [0.25, 0.3) is 0 Å². The molecule has 2 heterocycles. The number of piperidine rings is 1. The average molecular weight is 283 g/mol. The van der Waals surface area contributed by atoms with Crippen LogP contribution in [-0.2, 0) is 11.2 Å². The molecule has 0 bridgehead atoms. The maximum absolute atomic E-state index is 5.58. The summed E-state index contributed by atoms with van der Waals surface area (Å²) < 4.78 is 5.58. The number of nitrogens with one attached hydrogen (secondary N) is 1. The Morgan fingerprint density at radius 2 is 2.32 bits per heavy atom. The molecular weight excluding hydrogens is 258 g/mol. The van der Waals surface area contributed by atoms with Crippen LogP contribution in [-0.4, -0.2) is 28.5 Å². The molecule has 1 aliphatic heterocycles. The lowest BCUT2D eigenvalue weighted by Gasteiger charge is -2.34. The monoisotopic (exact) mass is 283 g/mol. The van der Waals surface area contributed by atoms with Gasteiger partial charge < -0.3 is 9.84 Å². The van der Waals surface area contributed by atoms with Crippen LogP contribution in [0.1, 0.15) is 58.2 Å². The van der Waals surface area contributed by atoms with Gasteiger partial charge in [-0.2, -0.15) is 16.7 Å². The first kappa shape index (κ1) is 14.9.